The van der Waals surface area contributed by atoms with Crippen molar-refractivity contribution < 1.29 is 23.6 Å². The van der Waals surface area contributed by atoms with Gasteiger partial charge in [-0.15, -0.1) is 0 Å². The molecular weight excluding hydrogens is 345 g/mol. The first kappa shape index (κ1) is 18.8. The maximum absolute atomic E-state index is 13.7. The Balaban J connectivity index is 1.92. The van der Waals surface area contributed by atoms with Crippen LogP contribution in [0.2, 0.25) is 0 Å². The van der Waals surface area contributed by atoms with Crippen LogP contribution in [0.15, 0.2) is 42.5 Å². The van der Waals surface area contributed by atoms with E-state index >= 15 is 0 Å². The third-order valence-corrected chi connectivity index (χ3v) is 3.24. The molecule has 0 saturated heterocycles. The number of hydrogen-bond acceptors (Lipinski definition) is 5. The first-order valence-electron chi connectivity index (χ1n) is 7.65. The lowest BCUT2D eigenvalue weighted by molar-refractivity contribution is -0.384. The van der Waals surface area contributed by atoms with Crippen LogP contribution in [-0.4, -0.2) is 29.9 Å². The van der Waals surface area contributed by atoms with Gasteiger partial charge >= 0.3 is 0 Å². The summed E-state index contributed by atoms with van der Waals surface area (Å²) in [6.07, 6.45) is 0. The van der Waals surface area contributed by atoms with Gasteiger partial charge in [0.1, 0.15) is 0 Å². The molecule has 8 nitrogen and oxygen atoms in total. The van der Waals surface area contributed by atoms with Gasteiger partial charge < -0.3 is 15.4 Å². The van der Waals surface area contributed by atoms with E-state index < -0.39 is 22.6 Å². The number of carbonyl (C=O) groups excluding carboxylic acids is 2. The summed E-state index contributed by atoms with van der Waals surface area (Å²) in [5.41, 5.74) is 0.0339. The highest BCUT2D eigenvalue weighted by atomic mass is 19.1. The van der Waals surface area contributed by atoms with Gasteiger partial charge in [0.05, 0.1) is 18.1 Å². The molecule has 2 aromatic carbocycles. The normalized spacial score (nSPS) is 10.1. The molecule has 0 aliphatic carbocycles. The largest absolute Gasteiger partial charge is 0.491 e. The van der Waals surface area contributed by atoms with E-state index in [4.69, 9.17) is 4.74 Å². The lowest BCUT2D eigenvalue weighted by Gasteiger charge is -2.09. The van der Waals surface area contributed by atoms with Crippen molar-refractivity contribution >= 4 is 23.2 Å². The molecule has 0 saturated carbocycles. The molecule has 0 aliphatic rings. The first-order chi connectivity index (χ1) is 12.4. The Morgan fingerprint density at radius 1 is 1.23 bits per heavy atom. The molecule has 2 amide bonds. The number of ether oxygens (including phenoxy) is 1. The summed E-state index contributed by atoms with van der Waals surface area (Å²) in [7, 11) is 0. The van der Waals surface area contributed by atoms with E-state index in [1.807, 2.05) is 0 Å². The van der Waals surface area contributed by atoms with Gasteiger partial charge in [-0.1, -0.05) is 6.07 Å². The summed E-state index contributed by atoms with van der Waals surface area (Å²) >= 11 is 0. The smallest absolute Gasteiger partial charge is 0.270 e. The maximum atomic E-state index is 13.7. The average Bonchev–Trinajstić information content (AvgIpc) is 2.62. The molecular formula is C17H16FN3O5. The third kappa shape index (κ3) is 5.00. The van der Waals surface area contributed by atoms with E-state index in [0.717, 1.165) is 12.1 Å². The number of non-ortho nitro benzene ring substituents is 1. The number of nitro benzene ring substituents is 1. The van der Waals surface area contributed by atoms with Crippen LogP contribution in [0.25, 0.3) is 0 Å². The van der Waals surface area contributed by atoms with Crippen LogP contribution < -0.4 is 15.4 Å². The second-order valence-electron chi connectivity index (χ2n) is 5.12. The molecule has 0 heterocycles. The highest BCUT2D eigenvalue weighted by Gasteiger charge is 2.13. The first-order valence-corrected chi connectivity index (χ1v) is 7.65. The Kier molecular flexibility index (Phi) is 6.20. The van der Waals surface area contributed by atoms with Gasteiger partial charge in [0.15, 0.2) is 11.6 Å². The Labute approximate surface area is 148 Å². The quantitative estimate of drug-likeness (QED) is 0.581. The van der Waals surface area contributed by atoms with Gasteiger partial charge in [0, 0.05) is 29.4 Å². The molecule has 2 rings (SSSR count). The monoisotopic (exact) mass is 361 g/mol. The van der Waals surface area contributed by atoms with Crippen LogP contribution in [-0.2, 0) is 4.79 Å². The second kappa shape index (κ2) is 8.56. The number of carbonyl (C=O) groups is 2. The van der Waals surface area contributed by atoms with Gasteiger partial charge in [0.2, 0.25) is 5.91 Å². The lowest BCUT2D eigenvalue weighted by Crippen LogP contribution is -2.32. The standard InChI is InChI=1S/C17H16FN3O5/c1-2-26-15-7-6-12(9-14(15)18)20-16(22)10-19-17(23)11-4-3-5-13(8-11)21(24)25/h3-9H,2,10H2,1H3,(H,19,23)(H,20,22). The minimum absolute atomic E-state index is 0.0547. The minimum Gasteiger partial charge on any atom is -0.491 e. The predicted molar refractivity (Wildman–Crippen MR) is 91.6 cm³/mol. The molecule has 0 fully saturated rings. The molecule has 0 atom stereocenters. The van der Waals surface area contributed by atoms with Crippen molar-refractivity contribution in [1.29, 1.82) is 0 Å². The number of nitro groups is 1. The molecule has 0 aromatic heterocycles. The van der Waals surface area contributed by atoms with Crippen molar-refractivity contribution in [1.82, 2.24) is 5.32 Å². The zero-order chi connectivity index (χ0) is 19.1. The summed E-state index contributed by atoms with van der Waals surface area (Å²) < 4.78 is 18.8. The molecule has 0 aliphatic heterocycles. The molecule has 2 aromatic rings. The van der Waals surface area contributed by atoms with Crippen LogP contribution in [0.5, 0.6) is 5.75 Å². The summed E-state index contributed by atoms with van der Waals surface area (Å²) in [6.45, 7) is 1.65. The van der Waals surface area contributed by atoms with Crippen molar-refractivity contribution in [3.05, 3.63) is 64.0 Å². The van der Waals surface area contributed by atoms with Crippen molar-refractivity contribution in [2.45, 2.75) is 6.92 Å². The number of amides is 2. The number of hydrogen-bond donors (Lipinski definition) is 2. The van der Waals surface area contributed by atoms with Gasteiger partial charge in [-0.25, -0.2) is 4.39 Å². The van der Waals surface area contributed by atoms with Crippen LogP contribution in [0, 0.1) is 15.9 Å². The second-order valence-corrected chi connectivity index (χ2v) is 5.12. The fourth-order valence-corrected chi connectivity index (χ4v) is 2.08. The Morgan fingerprint density at radius 2 is 2.00 bits per heavy atom. The van der Waals surface area contributed by atoms with Crippen LogP contribution in [0.3, 0.4) is 0 Å². The summed E-state index contributed by atoms with van der Waals surface area (Å²) in [5, 5.41) is 15.5. The van der Waals surface area contributed by atoms with E-state index in [0.29, 0.717) is 6.61 Å². The summed E-state index contributed by atoms with van der Waals surface area (Å²) in [5.74, 6) is -1.76. The van der Waals surface area contributed by atoms with E-state index in [1.165, 1.54) is 30.3 Å². The Bertz CT molecular complexity index is 841. The van der Waals surface area contributed by atoms with Gasteiger partial charge in [-0.3, -0.25) is 19.7 Å². The fourth-order valence-electron chi connectivity index (χ4n) is 2.08. The van der Waals surface area contributed by atoms with Crippen molar-refractivity contribution in [3.8, 4) is 5.75 Å². The Morgan fingerprint density at radius 3 is 2.65 bits per heavy atom. The van der Waals surface area contributed by atoms with E-state index in [9.17, 15) is 24.1 Å². The van der Waals surface area contributed by atoms with Crippen molar-refractivity contribution in [2.24, 2.45) is 0 Å². The molecule has 136 valence electrons. The molecule has 0 bridgehead atoms. The molecule has 0 spiro atoms. The van der Waals surface area contributed by atoms with Gasteiger partial charge in [-0.05, 0) is 25.1 Å². The topological polar surface area (TPSA) is 111 Å². The van der Waals surface area contributed by atoms with Gasteiger partial charge in [0.25, 0.3) is 11.6 Å². The fraction of sp³-hybridized carbons (Fsp3) is 0.176. The molecule has 26 heavy (non-hydrogen) atoms. The van der Waals surface area contributed by atoms with E-state index in [2.05, 4.69) is 10.6 Å². The number of halogens is 1. The highest BCUT2D eigenvalue weighted by Crippen LogP contribution is 2.21. The zero-order valence-electron chi connectivity index (χ0n) is 13.8. The molecule has 0 radical (unpaired) electrons. The Hall–Kier alpha value is -3.49. The van der Waals surface area contributed by atoms with E-state index in [1.54, 1.807) is 6.92 Å². The number of nitrogens with one attached hydrogen (secondary N) is 2. The van der Waals surface area contributed by atoms with E-state index in [-0.39, 0.29) is 29.2 Å². The number of anilines is 1. The highest BCUT2D eigenvalue weighted by molar-refractivity contribution is 5.99. The lowest BCUT2D eigenvalue weighted by atomic mass is 10.2. The van der Waals surface area contributed by atoms with Crippen LogP contribution >= 0.6 is 0 Å². The molecule has 2 N–H and O–H groups in total. The summed E-state index contributed by atoms with van der Waals surface area (Å²) in [4.78, 5) is 33.9. The minimum atomic E-state index is -0.637. The molecule has 9 heteroatoms. The summed E-state index contributed by atoms with van der Waals surface area (Å²) in [6, 6.07) is 9.08. The number of benzene rings is 2. The average molecular weight is 361 g/mol. The van der Waals surface area contributed by atoms with Crippen LogP contribution in [0.4, 0.5) is 15.8 Å². The SMILES string of the molecule is CCOc1ccc(NC(=O)CNC(=O)c2cccc([N+](=O)[O-])c2)cc1F. The maximum Gasteiger partial charge on any atom is 0.270 e. The number of nitrogens with zero attached hydrogens (tertiary/aromatic N) is 1. The third-order valence-electron chi connectivity index (χ3n) is 3.24. The van der Waals surface area contributed by atoms with Crippen molar-refractivity contribution in [3.63, 3.8) is 0 Å². The molecule has 0 unspecified atom stereocenters. The zero-order valence-corrected chi connectivity index (χ0v) is 13.8. The van der Waals surface area contributed by atoms with Crippen molar-refractivity contribution in [2.75, 3.05) is 18.5 Å². The number of rotatable bonds is 7. The predicted octanol–water partition coefficient (Wildman–Crippen LogP) is 2.50. The van der Waals surface area contributed by atoms with Gasteiger partial charge in [-0.2, -0.15) is 0 Å². The van der Waals surface area contributed by atoms with Crippen LogP contribution in [0.1, 0.15) is 17.3 Å².